The van der Waals surface area contributed by atoms with Crippen LogP contribution < -0.4 is 4.74 Å². The summed E-state index contributed by atoms with van der Waals surface area (Å²) in [6.07, 6.45) is 6.23. The first-order valence-electron chi connectivity index (χ1n) is 7.18. The number of ketones is 1. The van der Waals surface area contributed by atoms with E-state index in [0.29, 0.717) is 13.0 Å². The Morgan fingerprint density at radius 2 is 1.95 bits per heavy atom. The van der Waals surface area contributed by atoms with Crippen molar-refractivity contribution in [3.63, 3.8) is 0 Å². The molecule has 1 fully saturated rings. The average Bonchev–Trinajstić information content (AvgIpc) is 2.84. The predicted octanol–water partition coefficient (Wildman–Crippen LogP) is 2.89. The average molecular weight is 260 g/mol. The van der Waals surface area contributed by atoms with Gasteiger partial charge in [0.2, 0.25) is 0 Å². The minimum absolute atomic E-state index is 0.214. The molecule has 1 saturated carbocycles. The minimum atomic E-state index is -0.665. The lowest BCUT2D eigenvalue weighted by Gasteiger charge is -2.24. The van der Waals surface area contributed by atoms with E-state index >= 15 is 0 Å². The number of hydrogen-bond donors (Lipinski definition) is 1. The summed E-state index contributed by atoms with van der Waals surface area (Å²) in [7, 11) is 0. The van der Waals surface area contributed by atoms with Gasteiger partial charge in [-0.3, -0.25) is 4.79 Å². The molecule has 0 radical (unpaired) electrons. The summed E-state index contributed by atoms with van der Waals surface area (Å²) in [5.41, 5.74) is 1.17. The molecule has 3 nitrogen and oxygen atoms in total. The third-order valence-corrected chi connectivity index (χ3v) is 4.29. The molecule has 0 unspecified atom stereocenters. The molecule has 3 rings (SSSR count). The van der Waals surface area contributed by atoms with E-state index in [2.05, 4.69) is 0 Å². The van der Waals surface area contributed by atoms with Crippen LogP contribution in [0.15, 0.2) is 18.2 Å². The fourth-order valence-corrected chi connectivity index (χ4v) is 3.17. The molecule has 0 heterocycles. The summed E-state index contributed by atoms with van der Waals surface area (Å²) >= 11 is 0. The van der Waals surface area contributed by atoms with Gasteiger partial charge in [0.15, 0.2) is 5.78 Å². The van der Waals surface area contributed by atoms with Crippen LogP contribution in [0.5, 0.6) is 5.75 Å². The third-order valence-electron chi connectivity index (χ3n) is 4.29. The van der Waals surface area contributed by atoms with Gasteiger partial charge in [0.1, 0.15) is 12.4 Å². The Morgan fingerprint density at radius 3 is 2.74 bits per heavy atom. The van der Waals surface area contributed by atoms with Crippen molar-refractivity contribution in [1.82, 2.24) is 0 Å². The Bertz CT molecular complexity index is 487. The minimum Gasteiger partial charge on any atom is -0.490 e. The molecule has 0 saturated heterocycles. The Hall–Kier alpha value is -1.35. The smallest absolute Gasteiger partial charge is 0.163 e. The highest BCUT2D eigenvalue weighted by atomic mass is 16.5. The normalized spacial score (nSPS) is 21.2. The maximum absolute atomic E-state index is 11.9. The Morgan fingerprint density at radius 1 is 1.16 bits per heavy atom. The van der Waals surface area contributed by atoms with Crippen molar-refractivity contribution < 1.29 is 14.6 Å². The highest BCUT2D eigenvalue weighted by Gasteiger charge is 2.32. The van der Waals surface area contributed by atoms with Crippen LogP contribution in [0.2, 0.25) is 0 Å². The van der Waals surface area contributed by atoms with Crippen molar-refractivity contribution in [3.05, 3.63) is 29.3 Å². The molecular weight excluding hydrogens is 240 g/mol. The van der Waals surface area contributed by atoms with E-state index in [1.54, 1.807) is 0 Å². The number of rotatable bonds is 3. The van der Waals surface area contributed by atoms with Crippen LogP contribution in [-0.2, 0) is 6.42 Å². The summed E-state index contributed by atoms with van der Waals surface area (Å²) in [6, 6.07) is 5.67. The molecule has 0 bridgehead atoms. The monoisotopic (exact) mass is 260 g/mol. The summed E-state index contributed by atoms with van der Waals surface area (Å²) in [5, 5.41) is 10.3. The van der Waals surface area contributed by atoms with Crippen LogP contribution in [0, 0.1) is 0 Å². The van der Waals surface area contributed by atoms with E-state index in [4.69, 9.17) is 4.74 Å². The zero-order chi connectivity index (χ0) is 13.3. The zero-order valence-electron chi connectivity index (χ0n) is 11.2. The Balaban J connectivity index is 1.78. The lowest BCUT2D eigenvalue weighted by molar-refractivity contribution is 0.00110. The Kier molecular flexibility index (Phi) is 3.31. The van der Waals surface area contributed by atoms with Crippen LogP contribution in [0.3, 0.4) is 0 Å². The predicted molar refractivity (Wildman–Crippen MR) is 72.6 cm³/mol. The second kappa shape index (κ2) is 4.97. The number of aliphatic hydroxyl groups is 1. The zero-order valence-corrected chi connectivity index (χ0v) is 11.2. The summed E-state index contributed by atoms with van der Waals surface area (Å²) < 4.78 is 5.84. The molecule has 3 heteroatoms. The molecule has 0 aliphatic heterocycles. The number of fused-ring (bicyclic) bond motifs is 1. The van der Waals surface area contributed by atoms with Crippen LogP contribution in [0.4, 0.5) is 0 Å². The first-order valence-corrected chi connectivity index (χ1v) is 7.18. The number of benzene rings is 1. The van der Waals surface area contributed by atoms with Gasteiger partial charge < -0.3 is 9.84 Å². The first kappa shape index (κ1) is 12.7. The molecule has 1 aromatic carbocycles. The summed E-state index contributed by atoms with van der Waals surface area (Å²) in [4.78, 5) is 11.9. The quantitative estimate of drug-likeness (QED) is 0.909. The highest BCUT2D eigenvalue weighted by Crippen LogP contribution is 2.33. The van der Waals surface area contributed by atoms with Gasteiger partial charge in [0.05, 0.1) is 5.60 Å². The maximum atomic E-state index is 11.9. The SMILES string of the molecule is O=C1CCCc2c(OCC3(O)CCCC3)cccc21. The van der Waals surface area contributed by atoms with Gasteiger partial charge in [-0.15, -0.1) is 0 Å². The van der Waals surface area contributed by atoms with E-state index < -0.39 is 5.60 Å². The van der Waals surface area contributed by atoms with Crippen molar-refractivity contribution >= 4 is 5.78 Å². The first-order chi connectivity index (χ1) is 9.18. The van der Waals surface area contributed by atoms with Crippen LogP contribution in [0.25, 0.3) is 0 Å². The largest absolute Gasteiger partial charge is 0.490 e. The van der Waals surface area contributed by atoms with Crippen LogP contribution in [0.1, 0.15) is 54.4 Å². The second-order valence-electron chi connectivity index (χ2n) is 5.78. The van der Waals surface area contributed by atoms with Gasteiger partial charge in [0.25, 0.3) is 0 Å². The van der Waals surface area contributed by atoms with Crippen molar-refractivity contribution in [2.45, 2.75) is 50.5 Å². The lowest BCUT2D eigenvalue weighted by atomic mass is 9.90. The van der Waals surface area contributed by atoms with Crippen LogP contribution in [-0.4, -0.2) is 23.1 Å². The molecule has 0 atom stereocenters. The number of carbonyl (C=O) groups excluding carboxylic acids is 1. The van der Waals surface area contributed by atoms with E-state index in [1.165, 1.54) is 0 Å². The van der Waals surface area contributed by atoms with Crippen molar-refractivity contribution in [3.8, 4) is 5.75 Å². The van der Waals surface area contributed by atoms with E-state index in [0.717, 1.165) is 55.4 Å². The molecule has 1 N–H and O–H groups in total. The molecule has 2 aliphatic rings. The maximum Gasteiger partial charge on any atom is 0.163 e. The molecule has 2 aliphatic carbocycles. The Labute approximate surface area is 113 Å². The molecule has 19 heavy (non-hydrogen) atoms. The third kappa shape index (κ3) is 2.52. The van der Waals surface area contributed by atoms with Crippen LogP contribution >= 0.6 is 0 Å². The lowest BCUT2D eigenvalue weighted by Crippen LogP contribution is -2.32. The molecule has 0 aromatic heterocycles. The number of hydrogen-bond acceptors (Lipinski definition) is 3. The number of Topliss-reactive ketones (excluding diaryl/α,β-unsaturated/α-hetero) is 1. The number of ether oxygens (including phenoxy) is 1. The van der Waals surface area contributed by atoms with E-state index in [9.17, 15) is 9.90 Å². The molecular formula is C16H20O3. The summed E-state index contributed by atoms with van der Waals surface area (Å²) in [6.45, 7) is 0.345. The van der Waals surface area contributed by atoms with Crippen molar-refractivity contribution in [2.75, 3.05) is 6.61 Å². The molecule has 1 aromatic rings. The van der Waals surface area contributed by atoms with Crippen molar-refractivity contribution in [1.29, 1.82) is 0 Å². The van der Waals surface area contributed by atoms with Gasteiger partial charge >= 0.3 is 0 Å². The van der Waals surface area contributed by atoms with Gasteiger partial charge in [-0.05, 0) is 31.7 Å². The number of carbonyl (C=O) groups is 1. The highest BCUT2D eigenvalue weighted by molar-refractivity contribution is 5.99. The summed E-state index contributed by atoms with van der Waals surface area (Å²) in [5.74, 6) is 0.997. The fourth-order valence-electron chi connectivity index (χ4n) is 3.17. The topological polar surface area (TPSA) is 46.5 Å². The van der Waals surface area contributed by atoms with Crippen molar-refractivity contribution in [2.24, 2.45) is 0 Å². The van der Waals surface area contributed by atoms with Gasteiger partial charge in [-0.2, -0.15) is 0 Å². The molecule has 0 amide bonds. The fraction of sp³-hybridized carbons (Fsp3) is 0.562. The van der Waals surface area contributed by atoms with E-state index in [1.807, 2.05) is 18.2 Å². The van der Waals surface area contributed by atoms with Gasteiger partial charge in [-0.1, -0.05) is 25.0 Å². The van der Waals surface area contributed by atoms with E-state index in [-0.39, 0.29) is 5.78 Å². The molecule has 102 valence electrons. The molecule has 0 spiro atoms. The standard InChI is InChI=1S/C16H20O3/c17-14-7-3-6-13-12(14)5-4-8-15(13)19-11-16(18)9-1-2-10-16/h4-5,8,18H,1-3,6-7,9-11H2. The van der Waals surface area contributed by atoms with Gasteiger partial charge in [-0.25, -0.2) is 0 Å². The van der Waals surface area contributed by atoms with Gasteiger partial charge in [0, 0.05) is 17.5 Å². The second-order valence-corrected chi connectivity index (χ2v) is 5.78.